The van der Waals surface area contributed by atoms with E-state index in [1.54, 1.807) is 27.1 Å². The van der Waals surface area contributed by atoms with Crippen molar-refractivity contribution in [2.75, 3.05) is 27.2 Å². The number of carbonyl (C=O) groups is 1. The molecule has 0 saturated carbocycles. The van der Waals surface area contributed by atoms with Gasteiger partial charge < -0.3 is 15.5 Å². The highest BCUT2D eigenvalue weighted by atomic mass is 127. The zero-order chi connectivity index (χ0) is 17.5. The van der Waals surface area contributed by atoms with E-state index in [9.17, 15) is 9.18 Å². The molecule has 0 atom stereocenters. The minimum atomic E-state index is -0.179. The Balaban J connectivity index is 0.00000312. The van der Waals surface area contributed by atoms with Gasteiger partial charge in [-0.05, 0) is 42.9 Å². The first-order valence-corrected chi connectivity index (χ1v) is 8.44. The van der Waals surface area contributed by atoms with Gasteiger partial charge in [-0.25, -0.2) is 4.39 Å². The first-order valence-electron chi connectivity index (χ1n) is 8.44. The summed E-state index contributed by atoms with van der Waals surface area (Å²) in [6, 6.07) is 5.14. The number of carbonyl (C=O) groups excluding carboxylic acids is 1. The Morgan fingerprint density at radius 1 is 1.36 bits per heavy atom. The smallest absolute Gasteiger partial charge is 0.220 e. The molecule has 1 aromatic rings. The fraction of sp³-hybridized carbons (Fsp3) is 0.556. The standard InChI is InChI=1S/C18H27FN4O.HI/c1-13-10-15(4-5-16(13)19)12-22-18(21-3)23-8-6-14(7-9-23)11-17(24)20-2;/h4-5,10,14H,6-9,11-12H2,1-3H3,(H,20,24)(H,21,22);1H. The summed E-state index contributed by atoms with van der Waals surface area (Å²) in [6.07, 6.45) is 2.58. The number of amides is 1. The first kappa shape index (κ1) is 21.7. The van der Waals surface area contributed by atoms with Crippen LogP contribution in [0, 0.1) is 18.7 Å². The molecular weight excluding hydrogens is 434 g/mol. The molecule has 1 heterocycles. The van der Waals surface area contributed by atoms with E-state index >= 15 is 0 Å². The molecule has 140 valence electrons. The van der Waals surface area contributed by atoms with Crippen molar-refractivity contribution >= 4 is 35.8 Å². The summed E-state index contributed by atoms with van der Waals surface area (Å²) < 4.78 is 13.3. The number of rotatable bonds is 4. The van der Waals surface area contributed by atoms with Crippen LogP contribution in [0.15, 0.2) is 23.2 Å². The van der Waals surface area contributed by atoms with Gasteiger partial charge in [0.2, 0.25) is 5.91 Å². The minimum Gasteiger partial charge on any atom is -0.359 e. The average Bonchev–Trinajstić information content (AvgIpc) is 2.59. The third-order valence-electron chi connectivity index (χ3n) is 4.55. The van der Waals surface area contributed by atoms with Crippen molar-refractivity contribution in [2.24, 2.45) is 10.9 Å². The highest BCUT2D eigenvalue weighted by Crippen LogP contribution is 2.20. The molecule has 1 aromatic carbocycles. The SMILES string of the molecule is CN=C(NCc1ccc(F)c(C)c1)N1CCC(CC(=O)NC)CC1.I. The van der Waals surface area contributed by atoms with Crippen LogP contribution in [0.2, 0.25) is 0 Å². The predicted octanol–water partition coefficient (Wildman–Crippen LogP) is 2.68. The quantitative estimate of drug-likeness (QED) is 0.411. The number of benzene rings is 1. The molecule has 0 aliphatic carbocycles. The van der Waals surface area contributed by atoms with Crippen LogP contribution in [0.4, 0.5) is 4.39 Å². The molecule has 1 saturated heterocycles. The zero-order valence-corrected chi connectivity index (χ0v) is 17.5. The van der Waals surface area contributed by atoms with Gasteiger partial charge in [-0.15, -0.1) is 24.0 Å². The highest BCUT2D eigenvalue weighted by molar-refractivity contribution is 14.0. The molecule has 2 rings (SSSR count). The lowest BCUT2D eigenvalue weighted by atomic mass is 9.93. The second kappa shape index (κ2) is 10.6. The van der Waals surface area contributed by atoms with E-state index < -0.39 is 0 Å². The van der Waals surface area contributed by atoms with E-state index in [-0.39, 0.29) is 35.7 Å². The van der Waals surface area contributed by atoms with Crippen LogP contribution in [-0.4, -0.2) is 44.0 Å². The van der Waals surface area contributed by atoms with Crippen LogP contribution in [0.1, 0.15) is 30.4 Å². The molecule has 1 amide bonds. The van der Waals surface area contributed by atoms with Gasteiger partial charge in [0.25, 0.3) is 0 Å². The van der Waals surface area contributed by atoms with Crippen molar-refractivity contribution in [3.63, 3.8) is 0 Å². The second-order valence-electron chi connectivity index (χ2n) is 6.29. The van der Waals surface area contributed by atoms with E-state index in [0.717, 1.165) is 37.5 Å². The van der Waals surface area contributed by atoms with Gasteiger partial charge in [0, 0.05) is 40.2 Å². The number of aliphatic imine (C=N–C) groups is 1. The van der Waals surface area contributed by atoms with Gasteiger partial charge in [-0.2, -0.15) is 0 Å². The van der Waals surface area contributed by atoms with Crippen LogP contribution in [-0.2, 0) is 11.3 Å². The number of nitrogens with zero attached hydrogens (tertiary/aromatic N) is 2. The Labute approximate surface area is 166 Å². The maximum Gasteiger partial charge on any atom is 0.220 e. The summed E-state index contributed by atoms with van der Waals surface area (Å²) in [5.74, 6) is 1.23. The summed E-state index contributed by atoms with van der Waals surface area (Å²) in [7, 11) is 3.45. The highest BCUT2D eigenvalue weighted by Gasteiger charge is 2.22. The van der Waals surface area contributed by atoms with Crippen molar-refractivity contribution in [1.29, 1.82) is 0 Å². The van der Waals surface area contributed by atoms with Gasteiger partial charge >= 0.3 is 0 Å². The maximum absolute atomic E-state index is 13.3. The molecule has 0 aromatic heterocycles. The number of hydrogen-bond donors (Lipinski definition) is 2. The molecule has 7 heteroatoms. The largest absolute Gasteiger partial charge is 0.359 e. The molecule has 5 nitrogen and oxygen atoms in total. The van der Waals surface area contributed by atoms with Gasteiger partial charge in [0.05, 0.1) is 0 Å². The molecule has 0 unspecified atom stereocenters. The number of aryl methyl sites for hydroxylation is 1. The Hall–Kier alpha value is -1.38. The van der Waals surface area contributed by atoms with Gasteiger partial charge in [-0.3, -0.25) is 9.79 Å². The Bertz CT molecular complexity index is 601. The lowest BCUT2D eigenvalue weighted by Gasteiger charge is -2.34. The first-order chi connectivity index (χ1) is 11.5. The molecule has 25 heavy (non-hydrogen) atoms. The molecule has 0 bridgehead atoms. The monoisotopic (exact) mass is 462 g/mol. The summed E-state index contributed by atoms with van der Waals surface area (Å²) >= 11 is 0. The summed E-state index contributed by atoms with van der Waals surface area (Å²) in [5.41, 5.74) is 1.68. The molecular formula is C18H28FIN4O. The average molecular weight is 462 g/mol. The van der Waals surface area contributed by atoms with Crippen LogP contribution in [0.25, 0.3) is 0 Å². The van der Waals surface area contributed by atoms with Crippen molar-refractivity contribution in [3.8, 4) is 0 Å². The number of hydrogen-bond acceptors (Lipinski definition) is 2. The minimum absolute atomic E-state index is 0. The van der Waals surface area contributed by atoms with E-state index in [1.807, 2.05) is 6.07 Å². The number of guanidine groups is 1. The summed E-state index contributed by atoms with van der Waals surface area (Å²) in [5, 5.41) is 6.03. The summed E-state index contributed by atoms with van der Waals surface area (Å²) in [6.45, 7) is 4.17. The van der Waals surface area contributed by atoms with Crippen LogP contribution in [0.5, 0.6) is 0 Å². The molecule has 0 spiro atoms. The number of likely N-dealkylation sites (tertiary alicyclic amines) is 1. The molecule has 0 radical (unpaired) electrons. The Morgan fingerprint density at radius 2 is 2.04 bits per heavy atom. The van der Waals surface area contributed by atoms with E-state index in [0.29, 0.717) is 24.4 Å². The topological polar surface area (TPSA) is 56.7 Å². The van der Waals surface area contributed by atoms with E-state index in [4.69, 9.17) is 0 Å². The van der Waals surface area contributed by atoms with Crippen molar-refractivity contribution in [2.45, 2.75) is 32.7 Å². The maximum atomic E-state index is 13.3. The fourth-order valence-corrected chi connectivity index (χ4v) is 3.04. The lowest BCUT2D eigenvalue weighted by molar-refractivity contribution is -0.121. The molecule has 2 N–H and O–H groups in total. The zero-order valence-electron chi connectivity index (χ0n) is 15.1. The lowest BCUT2D eigenvalue weighted by Crippen LogP contribution is -2.45. The molecule has 1 fully saturated rings. The van der Waals surface area contributed by atoms with Crippen LogP contribution >= 0.6 is 24.0 Å². The van der Waals surface area contributed by atoms with Crippen LogP contribution in [0.3, 0.4) is 0 Å². The second-order valence-corrected chi connectivity index (χ2v) is 6.29. The molecule has 1 aliphatic rings. The van der Waals surface area contributed by atoms with Crippen molar-refractivity contribution < 1.29 is 9.18 Å². The van der Waals surface area contributed by atoms with E-state index in [1.165, 1.54) is 6.07 Å². The summed E-state index contributed by atoms with van der Waals surface area (Å²) in [4.78, 5) is 18.0. The number of nitrogens with one attached hydrogen (secondary N) is 2. The predicted molar refractivity (Wildman–Crippen MR) is 110 cm³/mol. The van der Waals surface area contributed by atoms with Gasteiger partial charge in [-0.1, -0.05) is 12.1 Å². The van der Waals surface area contributed by atoms with Crippen LogP contribution < -0.4 is 10.6 Å². The number of halogens is 2. The van der Waals surface area contributed by atoms with Crippen molar-refractivity contribution in [3.05, 3.63) is 35.1 Å². The Morgan fingerprint density at radius 3 is 2.60 bits per heavy atom. The number of piperidine rings is 1. The fourth-order valence-electron chi connectivity index (χ4n) is 3.04. The third-order valence-corrected chi connectivity index (χ3v) is 4.55. The van der Waals surface area contributed by atoms with Gasteiger partial charge in [0.15, 0.2) is 5.96 Å². The van der Waals surface area contributed by atoms with Crippen molar-refractivity contribution in [1.82, 2.24) is 15.5 Å². The normalized spacial score (nSPS) is 15.5. The third kappa shape index (κ3) is 6.45. The van der Waals surface area contributed by atoms with Gasteiger partial charge in [0.1, 0.15) is 5.82 Å². The Kier molecular flexibility index (Phi) is 9.16. The molecule has 1 aliphatic heterocycles. The van der Waals surface area contributed by atoms with E-state index in [2.05, 4.69) is 20.5 Å².